The van der Waals surface area contributed by atoms with Gasteiger partial charge in [-0.25, -0.2) is 4.79 Å². The van der Waals surface area contributed by atoms with Gasteiger partial charge in [0.2, 0.25) is 5.75 Å². The number of aliphatic hydroxyl groups excluding tert-OH is 3. The number of hydrogen-bond acceptors (Lipinski definition) is 11. The quantitative estimate of drug-likeness (QED) is 0.255. The Bertz CT molecular complexity index is 1410. The van der Waals surface area contributed by atoms with Crippen molar-refractivity contribution in [1.29, 1.82) is 0 Å². The summed E-state index contributed by atoms with van der Waals surface area (Å²) < 4.78 is 16.7. The minimum Gasteiger partial charge on any atom is -0.504 e. The largest absolute Gasteiger partial charge is 0.504 e. The van der Waals surface area contributed by atoms with Gasteiger partial charge in [-0.1, -0.05) is 60.7 Å². The Kier molecular flexibility index (Phi) is 8.27. The first-order valence-electron chi connectivity index (χ1n) is 14.4. The molecule has 0 aromatic heterocycles. The van der Waals surface area contributed by atoms with E-state index in [0.717, 1.165) is 0 Å². The van der Waals surface area contributed by atoms with Crippen molar-refractivity contribution in [3.05, 3.63) is 88.5 Å². The normalized spacial score (nSPS) is 26.1. The second kappa shape index (κ2) is 12.1. The molecule has 11 nitrogen and oxygen atoms in total. The molecule has 3 aromatic carbocycles. The Balaban J connectivity index is 1.29. The number of benzene rings is 3. The number of ether oxygens (including phenoxy) is 3. The van der Waals surface area contributed by atoms with Gasteiger partial charge >= 0.3 is 5.97 Å². The Morgan fingerprint density at radius 1 is 0.907 bits per heavy atom. The molecule has 3 aliphatic heterocycles. The number of phenols is 2. The number of methoxy groups -OCH3 is 1. The maximum Gasteiger partial charge on any atom is 0.339 e. The topological polar surface area (TPSA) is 152 Å². The molecule has 0 spiro atoms. The number of hydrogen-bond donors (Lipinski definition) is 5. The summed E-state index contributed by atoms with van der Waals surface area (Å²) in [7, 11) is 1.28. The molecule has 0 amide bonds. The molecule has 0 aliphatic carbocycles. The molecule has 228 valence electrons. The van der Waals surface area contributed by atoms with Crippen LogP contribution in [0, 0.1) is 0 Å². The molecule has 3 heterocycles. The van der Waals surface area contributed by atoms with Gasteiger partial charge in [0.25, 0.3) is 0 Å². The average Bonchev–Trinajstić information content (AvgIpc) is 3.03. The van der Waals surface area contributed by atoms with Crippen LogP contribution in [0.15, 0.2) is 60.7 Å². The van der Waals surface area contributed by atoms with Crippen LogP contribution in [0.2, 0.25) is 0 Å². The number of piperazine rings is 1. The fraction of sp³-hybridized carbons (Fsp3) is 0.406. The fourth-order valence-electron chi connectivity index (χ4n) is 6.55. The Morgan fingerprint density at radius 2 is 1.51 bits per heavy atom. The zero-order valence-corrected chi connectivity index (χ0v) is 23.7. The van der Waals surface area contributed by atoms with E-state index in [1.54, 1.807) is 0 Å². The number of nitrogens with zero attached hydrogens (tertiary/aromatic N) is 2. The highest BCUT2D eigenvalue weighted by atomic mass is 16.6. The minimum absolute atomic E-state index is 0.0119. The number of carbonyl (C=O) groups is 1. The smallest absolute Gasteiger partial charge is 0.339 e. The summed E-state index contributed by atoms with van der Waals surface area (Å²) >= 11 is 0. The number of aliphatic hydroxyl groups is 3. The summed E-state index contributed by atoms with van der Waals surface area (Å²) in [6.45, 7) is 2.23. The van der Waals surface area contributed by atoms with Gasteiger partial charge in [0.15, 0.2) is 17.6 Å². The lowest BCUT2D eigenvalue weighted by atomic mass is 9.84. The van der Waals surface area contributed by atoms with E-state index in [9.17, 15) is 30.3 Å². The van der Waals surface area contributed by atoms with Crippen LogP contribution in [0.25, 0.3) is 0 Å². The lowest BCUT2D eigenvalue weighted by molar-refractivity contribution is -0.235. The first kappa shape index (κ1) is 29.4. The SMILES string of the molecule is COc1c(O)c(CN2CCN(C(c3ccccc3)c3ccccc3)CC2)c2c(c1O)[C@H]1O[C@H](CO)[C@@H](O)[C@H](O)[C@@H]1OC2=O. The first-order chi connectivity index (χ1) is 20.8. The Morgan fingerprint density at radius 3 is 2.07 bits per heavy atom. The molecule has 2 fully saturated rings. The lowest BCUT2D eigenvalue weighted by Crippen LogP contribution is -2.58. The standard InChI is InChI=1S/C32H36N2O9/c1-41-30-25(36)20(22-23(27(30)38)29-31(43-32(22)40)28(39)26(37)21(17-35)42-29)16-33-12-14-34(15-13-33)24(18-8-4-2-5-9-18)19-10-6-3-7-11-19/h2-11,21,24,26,28-29,31,35-39H,12-17H2,1H3/t21-,26-,28+,29-,31+/m1/s1. The molecular weight excluding hydrogens is 556 g/mol. The van der Waals surface area contributed by atoms with E-state index in [1.807, 2.05) is 36.4 Å². The highest BCUT2D eigenvalue weighted by molar-refractivity contribution is 5.97. The van der Waals surface area contributed by atoms with E-state index in [4.69, 9.17) is 14.2 Å². The van der Waals surface area contributed by atoms with Gasteiger partial charge in [-0.05, 0) is 11.1 Å². The van der Waals surface area contributed by atoms with Crippen LogP contribution in [-0.2, 0) is 16.0 Å². The van der Waals surface area contributed by atoms with E-state index >= 15 is 0 Å². The molecule has 5 N–H and O–H groups in total. The molecule has 0 unspecified atom stereocenters. The van der Waals surface area contributed by atoms with Gasteiger partial charge < -0.3 is 39.7 Å². The van der Waals surface area contributed by atoms with Crippen molar-refractivity contribution >= 4 is 5.97 Å². The van der Waals surface area contributed by atoms with Crippen molar-refractivity contribution in [3.63, 3.8) is 0 Å². The molecule has 5 atom stereocenters. The molecule has 11 heteroatoms. The predicted molar refractivity (Wildman–Crippen MR) is 154 cm³/mol. The van der Waals surface area contributed by atoms with Crippen LogP contribution >= 0.6 is 0 Å². The number of rotatable bonds is 7. The monoisotopic (exact) mass is 592 g/mol. The molecular formula is C32H36N2O9. The summed E-state index contributed by atoms with van der Waals surface area (Å²) in [6.07, 6.45) is -6.79. The van der Waals surface area contributed by atoms with E-state index in [0.29, 0.717) is 26.2 Å². The summed E-state index contributed by atoms with van der Waals surface area (Å²) in [5, 5.41) is 53.0. The number of phenolic OH excluding ortho intramolecular Hbond substituents is 2. The van der Waals surface area contributed by atoms with Gasteiger partial charge in [0, 0.05) is 43.9 Å². The van der Waals surface area contributed by atoms with Crippen molar-refractivity contribution in [1.82, 2.24) is 9.80 Å². The molecule has 2 saturated heterocycles. The van der Waals surface area contributed by atoms with Crippen LogP contribution in [-0.4, -0.2) is 106 Å². The third-order valence-electron chi connectivity index (χ3n) is 8.73. The van der Waals surface area contributed by atoms with Gasteiger partial charge in [0.05, 0.1) is 25.3 Å². The predicted octanol–water partition coefficient (Wildman–Crippen LogP) is 1.71. The van der Waals surface area contributed by atoms with E-state index in [-0.39, 0.29) is 35.0 Å². The van der Waals surface area contributed by atoms with Gasteiger partial charge in [-0.2, -0.15) is 0 Å². The second-order valence-corrected chi connectivity index (χ2v) is 11.2. The zero-order valence-electron chi connectivity index (χ0n) is 23.7. The van der Waals surface area contributed by atoms with Crippen molar-refractivity contribution < 1.29 is 44.5 Å². The molecule has 3 aromatic rings. The average molecular weight is 593 g/mol. The van der Waals surface area contributed by atoms with Gasteiger partial charge in [-0.3, -0.25) is 9.80 Å². The van der Waals surface area contributed by atoms with E-state index < -0.39 is 54.6 Å². The highest BCUT2D eigenvalue weighted by Crippen LogP contribution is 2.52. The zero-order chi connectivity index (χ0) is 30.2. The molecule has 0 saturated carbocycles. The van der Waals surface area contributed by atoms with Crippen molar-refractivity contribution in [2.75, 3.05) is 39.9 Å². The van der Waals surface area contributed by atoms with Crippen LogP contribution in [0.4, 0.5) is 0 Å². The minimum atomic E-state index is -1.56. The number of aromatic hydroxyl groups is 2. The number of carbonyl (C=O) groups excluding carboxylic acids is 1. The Hall–Kier alpha value is -3.71. The molecule has 43 heavy (non-hydrogen) atoms. The molecule has 0 bridgehead atoms. The highest BCUT2D eigenvalue weighted by Gasteiger charge is 2.53. The van der Waals surface area contributed by atoms with Crippen molar-refractivity contribution in [3.8, 4) is 17.2 Å². The molecule has 3 aliphatic rings. The van der Waals surface area contributed by atoms with Crippen LogP contribution < -0.4 is 4.74 Å². The third kappa shape index (κ3) is 5.22. The third-order valence-corrected chi connectivity index (χ3v) is 8.73. The number of esters is 1. The maximum atomic E-state index is 13.4. The second-order valence-electron chi connectivity index (χ2n) is 11.2. The van der Waals surface area contributed by atoms with Crippen LogP contribution in [0.1, 0.15) is 44.8 Å². The Labute approximate surface area is 249 Å². The first-order valence-corrected chi connectivity index (χ1v) is 14.4. The van der Waals surface area contributed by atoms with Gasteiger partial charge in [0.1, 0.15) is 24.4 Å². The summed E-state index contributed by atoms with van der Waals surface area (Å²) in [5.41, 5.74) is 2.49. The van der Waals surface area contributed by atoms with Crippen LogP contribution in [0.3, 0.4) is 0 Å². The van der Waals surface area contributed by atoms with Crippen molar-refractivity contribution in [2.45, 2.75) is 43.1 Å². The maximum absolute atomic E-state index is 13.4. The lowest BCUT2D eigenvalue weighted by Gasteiger charge is -2.45. The fourth-order valence-corrected chi connectivity index (χ4v) is 6.55. The summed E-state index contributed by atoms with van der Waals surface area (Å²) in [5.74, 6) is -2.02. The molecule has 0 radical (unpaired) electrons. The van der Waals surface area contributed by atoms with Gasteiger partial charge in [-0.15, -0.1) is 0 Å². The molecule has 6 rings (SSSR count). The number of fused-ring (bicyclic) bond motifs is 3. The summed E-state index contributed by atoms with van der Waals surface area (Å²) in [4.78, 5) is 17.9. The van der Waals surface area contributed by atoms with Crippen LogP contribution in [0.5, 0.6) is 17.2 Å². The van der Waals surface area contributed by atoms with E-state index in [2.05, 4.69) is 34.1 Å². The summed E-state index contributed by atoms with van der Waals surface area (Å²) in [6, 6.07) is 20.7. The van der Waals surface area contributed by atoms with E-state index in [1.165, 1.54) is 18.2 Å². The van der Waals surface area contributed by atoms with Crippen molar-refractivity contribution in [2.24, 2.45) is 0 Å².